The summed E-state index contributed by atoms with van der Waals surface area (Å²) in [5.41, 5.74) is 4.71. The molecular weight excluding hydrogens is 299 g/mol. The van der Waals surface area contributed by atoms with Gasteiger partial charge in [-0.05, 0) is 98.8 Å². The molecule has 1 aromatic carbocycles. The summed E-state index contributed by atoms with van der Waals surface area (Å²) in [5.74, 6) is 2.42. The molecule has 0 N–H and O–H groups in total. The van der Waals surface area contributed by atoms with Gasteiger partial charge in [-0.25, -0.2) is 4.39 Å². The fourth-order valence-electron chi connectivity index (χ4n) is 6.16. The molecule has 2 heteroatoms. The first-order valence-electron chi connectivity index (χ1n) is 9.69. The normalized spacial score (nSPS) is 36.2. The van der Waals surface area contributed by atoms with Gasteiger partial charge in [-0.2, -0.15) is 0 Å². The van der Waals surface area contributed by atoms with Crippen molar-refractivity contribution < 1.29 is 9.13 Å². The molecule has 2 saturated carbocycles. The molecule has 4 atom stereocenters. The van der Waals surface area contributed by atoms with E-state index in [1.807, 2.05) is 13.0 Å². The Bertz CT molecular complexity index is 677. The fourth-order valence-corrected chi connectivity index (χ4v) is 6.16. The van der Waals surface area contributed by atoms with Gasteiger partial charge in [0.1, 0.15) is 0 Å². The van der Waals surface area contributed by atoms with Crippen molar-refractivity contribution in [3.05, 3.63) is 40.7 Å². The molecular formula is C22H29FO. The van der Waals surface area contributed by atoms with Crippen LogP contribution in [-0.2, 0) is 6.42 Å². The summed E-state index contributed by atoms with van der Waals surface area (Å²) in [6, 6.07) is 3.77. The monoisotopic (exact) mass is 328 g/mol. The Hall–Kier alpha value is -1.31. The van der Waals surface area contributed by atoms with Gasteiger partial charge in [-0.3, -0.25) is 0 Å². The average Bonchev–Trinajstić information content (AvgIpc) is 2.92. The summed E-state index contributed by atoms with van der Waals surface area (Å²) in [4.78, 5) is 0. The van der Waals surface area contributed by atoms with E-state index < -0.39 is 0 Å². The summed E-state index contributed by atoms with van der Waals surface area (Å²) in [7, 11) is 0. The van der Waals surface area contributed by atoms with Gasteiger partial charge in [0.2, 0.25) is 0 Å². The van der Waals surface area contributed by atoms with Gasteiger partial charge in [-0.1, -0.05) is 18.6 Å². The minimum absolute atomic E-state index is 0.188. The van der Waals surface area contributed by atoms with Crippen LogP contribution in [0.4, 0.5) is 4.39 Å². The molecule has 24 heavy (non-hydrogen) atoms. The van der Waals surface area contributed by atoms with Crippen molar-refractivity contribution in [3.63, 3.8) is 0 Å². The zero-order valence-electron chi connectivity index (χ0n) is 15.2. The molecule has 2 fully saturated rings. The van der Waals surface area contributed by atoms with E-state index in [0.29, 0.717) is 23.7 Å². The third-order valence-corrected chi connectivity index (χ3v) is 7.27. The molecule has 0 amide bonds. The minimum Gasteiger partial charge on any atom is -0.491 e. The van der Waals surface area contributed by atoms with Gasteiger partial charge in [0.25, 0.3) is 0 Å². The van der Waals surface area contributed by atoms with E-state index in [1.165, 1.54) is 43.2 Å². The number of hydrogen-bond donors (Lipinski definition) is 0. The standard InChI is InChI=1S/C22H29FO/c1-4-15-7-9-19-17-8-6-14-12-20(23)21(24-5-2)13-18(14)16(17)10-11-22(15,19)3/h4,12-13,16-17,19H,5-11H2,1-3H3/b15-4+/t16?,17?,19?,22-/m1/s1. The maximum atomic E-state index is 14.2. The number of aryl methyl sites for hydroxylation is 1. The Morgan fingerprint density at radius 1 is 1.25 bits per heavy atom. The van der Waals surface area contributed by atoms with Crippen LogP contribution in [0, 0.1) is 23.1 Å². The lowest BCUT2D eigenvalue weighted by atomic mass is 9.55. The molecule has 1 nitrogen and oxygen atoms in total. The number of allylic oxidation sites excluding steroid dienone is 2. The summed E-state index contributed by atoms with van der Waals surface area (Å²) in [6.07, 6.45) is 9.76. The smallest absolute Gasteiger partial charge is 0.165 e. The van der Waals surface area contributed by atoms with E-state index >= 15 is 0 Å². The lowest BCUT2D eigenvalue weighted by molar-refractivity contribution is 0.0811. The molecule has 0 aromatic heterocycles. The Morgan fingerprint density at radius 3 is 2.83 bits per heavy atom. The SMILES string of the molecule is C/C=C1\CCC2C3CCc4cc(F)c(OCC)cc4C3CC[C@]12C. The molecule has 3 aliphatic carbocycles. The van der Waals surface area contributed by atoms with Gasteiger partial charge in [0.05, 0.1) is 6.61 Å². The minimum atomic E-state index is -0.188. The second-order valence-electron chi connectivity index (χ2n) is 8.14. The van der Waals surface area contributed by atoms with E-state index in [1.54, 1.807) is 11.6 Å². The highest BCUT2D eigenvalue weighted by atomic mass is 19.1. The summed E-state index contributed by atoms with van der Waals surface area (Å²) in [6.45, 7) is 7.16. The molecule has 3 aliphatic rings. The molecule has 0 saturated heterocycles. The third-order valence-electron chi connectivity index (χ3n) is 7.27. The van der Waals surface area contributed by atoms with Gasteiger partial charge in [0.15, 0.2) is 11.6 Å². The zero-order valence-corrected chi connectivity index (χ0v) is 15.2. The third kappa shape index (κ3) is 2.25. The predicted octanol–water partition coefficient (Wildman–Crippen LogP) is 6.03. The largest absolute Gasteiger partial charge is 0.491 e. The Balaban J connectivity index is 1.70. The fraction of sp³-hybridized carbons (Fsp3) is 0.636. The van der Waals surface area contributed by atoms with Crippen molar-refractivity contribution in [3.8, 4) is 5.75 Å². The number of fused-ring (bicyclic) bond motifs is 5. The van der Waals surface area contributed by atoms with Gasteiger partial charge in [-0.15, -0.1) is 0 Å². The number of hydrogen-bond acceptors (Lipinski definition) is 1. The second-order valence-corrected chi connectivity index (χ2v) is 8.14. The molecule has 0 heterocycles. The van der Waals surface area contributed by atoms with E-state index in [0.717, 1.165) is 18.3 Å². The van der Waals surface area contributed by atoms with Crippen LogP contribution in [0.2, 0.25) is 0 Å². The lowest BCUT2D eigenvalue weighted by Gasteiger charge is -2.49. The van der Waals surface area contributed by atoms with Crippen molar-refractivity contribution >= 4 is 0 Å². The van der Waals surface area contributed by atoms with Crippen LogP contribution in [-0.4, -0.2) is 6.61 Å². The second kappa shape index (κ2) is 5.89. The van der Waals surface area contributed by atoms with Gasteiger partial charge < -0.3 is 4.74 Å². The highest BCUT2D eigenvalue weighted by Gasteiger charge is 2.52. The van der Waals surface area contributed by atoms with Crippen molar-refractivity contribution in [1.82, 2.24) is 0 Å². The zero-order chi connectivity index (χ0) is 16.9. The first-order valence-corrected chi connectivity index (χ1v) is 9.69. The topological polar surface area (TPSA) is 9.23 Å². The van der Waals surface area contributed by atoms with Crippen molar-refractivity contribution in [2.75, 3.05) is 6.61 Å². The molecule has 0 spiro atoms. The van der Waals surface area contributed by atoms with Crippen molar-refractivity contribution in [2.24, 2.45) is 17.3 Å². The average molecular weight is 328 g/mol. The highest BCUT2D eigenvalue weighted by molar-refractivity contribution is 5.42. The Morgan fingerprint density at radius 2 is 2.08 bits per heavy atom. The van der Waals surface area contributed by atoms with E-state index in [-0.39, 0.29) is 5.82 Å². The Kier molecular flexibility index (Phi) is 3.97. The van der Waals surface area contributed by atoms with Crippen LogP contribution < -0.4 is 4.74 Å². The number of halogens is 1. The first-order chi connectivity index (χ1) is 11.6. The molecule has 3 unspecified atom stereocenters. The molecule has 4 rings (SSSR count). The lowest BCUT2D eigenvalue weighted by Crippen LogP contribution is -2.40. The molecule has 0 bridgehead atoms. The predicted molar refractivity (Wildman–Crippen MR) is 95.9 cm³/mol. The van der Waals surface area contributed by atoms with Crippen LogP contribution in [0.15, 0.2) is 23.8 Å². The molecule has 1 aromatic rings. The number of benzene rings is 1. The Labute approximate surface area is 145 Å². The molecule has 0 aliphatic heterocycles. The summed E-state index contributed by atoms with van der Waals surface area (Å²) >= 11 is 0. The summed E-state index contributed by atoms with van der Waals surface area (Å²) < 4.78 is 19.8. The molecule has 130 valence electrons. The molecule has 0 radical (unpaired) electrons. The maximum Gasteiger partial charge on any atom is 0.165 e. The van der Waals surface area contributed by atoms with Crippen LogP contribution >= 0.6 is 0 Å². The van der Waals surface area contributed by atoms with Crippen LogP contribution in [0.5, 0.6) is 5.75 Å². The van der Waals surface area contributed by atoms with Gasteiger partial charge in [0, 0.05) is 0 Å². The van der Waals surface area contributed by atoms with Gasteiger partial charge >= 0.3 is 0 Å². The first kappa shape index (κ1) is 16.2. The maximum absolute atomic E-state index is 14.2. The van der Waals surface area contributed by atoms with Crippen LogP contribution in [0.1, 0.15) is 69.9 Å². The van der Waals surface area contributed by atoms with Crippen LogP contribution in [0.25, 0.3) is 0 Å². The number of ether oxygens (including phenoxy) is 1. The van der Waals surface area contributed by atoms with Crippen LogP contribution in [0.3, 0.4) is 0 Å². The quantitative estimate of drug-likeness (QED) is 0.603. The van der Waals surface area contributed by atoms with Crippen molar-refractivity contribution in [1.29, 1.82) is 0 Å². The summed E-state index contributed by atoms with van der Waals surface area (Å²) in [5, 5.41) is 0. The van der Waals surface area contributed by atoms with E-state index in [4.69, 9.17) is 4.74 Å². The number of rotatable bonds is 2. The van der Waals surface area contributed by atoms with E-state index in [2.05, 4.69) is 19.9 Å². The van der Waals surface area contributed by atoms with E-state index in [9.17, 15) is 4.39 Å². The van der Waals surface area contributed by atoms with Crippen molar-refractivity contribution in [2.45, 2.75) is 65.2 Å². The highest BCUT2D eigenvalue weighted by Crippen LogP contribution is 2.62.